The first-order valence-corrected chi connectivity index (χ1v) is 9.68. The number of anilines is 1. The van der Waals surface area contributed by atoms with Crippen LogP contribution in [0.25, 0.3) is 0 Å². The molecule has 0 heterocycles. The predicted molar refractivity (Wildman–Crippen MR) is 97.3 cm³/mol. The molecule has 6 nitrogen and oxygen atoms in total. The number of ether oxygens (including phenoxy) is 2. The lowest BCUT2D eigenvalue weighted by Crippen LogP contribution is -2.14. The summed E-state index contributed by atoms with van der Waals surface area (Å²) >= 11 is 12.3. The van der Waals surface area contributed by atoms with Crippen molar-refractivity contribution in [3.05, 3.63) is 39.9 Å². The number of nitrogens with two attached hydrogens (primary N) is 2. The van der Waals surface area contributed by atoms with Crippen LogP contribution in [0, 0.1) is 0 Å². The molecule has 2 aromatic carbocycles. The van der Waals surface area contributed by atoms with Gasteiger partial charge in [-0.1, -0.05) is 23.2 Å². The molecule has 0 radical (unpaired) electrons. The summed E-state index contributed by atoms with van der Waals surface area (Å²) in [4.78, 5) is -0.142. The maximum Gasteiger partial charge on any atom is 0.241 e. The molecule has 25 heavy (non-hydrogen) atoms. The van der Waals surface area contributed by atoms with Gasteiger partial charge in [-0.2, -0.15) is 0 Å². The zero-order chi connectivity index (χ0) is 18.4. The average Bonchev–Trinajstić information content (AvgIpc) is 3.33. The van der Waals surface area contributed by atoms with Gasteiger partial charge in [-0.25, -0.2) is 13.6 Å². The highest BCUT2D eigenvalue weighted by molar-refractivity contribution is 7.89. The van der Waals surface area contributed by atoms with E-state index in [1.54, 1.807) is 6.07 Å². The molecule has 134 valence electrons. The van der Waals surface area contributed by atoms with Gasteiger partial charge < -0.3 is 15.2 Å². The first-order valence-electron chi connectivity index (χ1n) is 7.37. The van der Waals surface area contributed by atoms with E-state index in [2.05, 4.69) is 0 Å². The summed E-state index contributed by atoms with van der Waals surface area (Å²) in [6.45, 7) is 0. The zero-order valence-electron chi connectivity index (χ0n) is 13.3. The van der Waals surface area contributed by atoms with Crippen LogP contribution in [0.15, 0.2) is 29.2 Å². The topological polar surface area (TPSA) is 105 Å². The molecular weight excluding hydrogens is 387 g/mol. The predicted octanol–water partition coefficient (Wildman–Crippen LogP) is 3.90. The van der Waals surface area contributed by atoms with E-state index in [-0.39, 0.29) is 38.1 Å². The van der Waals surface area contributed by atoms with Crippen LogP contribution in [-0.2, 0) is 10.0 Å². The second kappa shape index (κ2) is 6.57. The van der Waals surface area contributed by atoms with Crippen molar-refractivity contribution in [1.82, 2.24) is 0 Å². The molecule has 0 saturated heterocycles. The fourth-order valence-corrected chi connectivity index (χ4v) is 3.90. The van der Waals surface area contributed by atoms with Crippen LogP contribution in [-0.4, -0.2) is 15.5 Å². The normalized spacial score (nSPS) is 14.4. The van der Waals surface area contributed by atoms with E-state index >= 15 is 0 Å². The lowest BCUT2D eigenvalue weighted by molar-refractivity contribution is 0.394. The maximum absolute atomic E-state index is 12.0. The van der Waals surface area contributed by atoms with Gasteiger partial charge in [-0.3, -0.25) is 0 Å². The van der Waals surface area contributed by atoms with Gasteiger partial charge in [-0.15, -0.1) is 0 Å². The van der Waals surface area contributed by atoms with Crippen LogP contribution in [0.4, 0.5) is 5.69 Å². The Balaban J connectivity index is 2.13. The number of rotatable bonds is 5. The van der Waals surface area contributed by atoms with E-state index in [1.807, 2.05) is 0 Å². The summed E-state index contributed by atoms with van der Waals surface area (Å²) in [6.07, 6.45) is 1.88. The summed E-state index contributed by atoms with van der Waals surface area (Å²) in [7, 11) is -2.60. The number of hydrogen-bond donors (Lipinski definition) is 2. The van der Waals surface area contributed by atoms with Crippen LogP contribution >= 0.6 is 23.2 Å². The molecule has 0 bridgehead atoms. The molecule has 3 rings (SSSR count). The third-order valence-corrected chi connectivity index (χ3v) is 5.30. The van der Waals surface area contributed by atoms with Crippen LogP contribution in [0.2, 0.25) is 10.0 Å². The smallest absolute Gasteiger partial charge is 0.241 e. The fourth-order valence-electron chi connectivity index (χ4n) is 2.58. The Kier molecular flexibility index (Phi) is 4.76. The van der Waals surface area contributed by atoms with Crippen molar-refractivity contribution < 1.29 is 17.9 Å². The second-order valence-electron chi connectivity index (χ2n) is 5.78. The quantitative estimate of drug-likeness (QED) is 0.737. The van der Waals surface area contributed by atoms with Gasteiger partial charge in [0, 0.05) is 17.3 Å². The lowest BCUT2D eigenvalue weighted by atomic mass is 10.1. The minimum Gasteiger partial charge on any atom is -0.495 e. The molecule has 0 aromatic heterocycles. The zero-order valence-corrected chi connectivity index (χ0v) is 15.6. The second-order valence-corrected chi connectivity index (χ2v) is 8.12. The number of methoxy groups -OCH3 is 1. The highest BCUT2D eigenvalue weighted by Gasteiger charge is 2.31. The Bertz CT molecular complexity index is 920. The molecule has 0 amide bonds. The summed E-state index contributed by atoms with van der Waals surface area (Å²) in [5.41, 5.74) is 6.79. The van der Waals surface area contributed by atoms with Crippen molar-refractivity contribution in [2.45, 2.75) is 23.7 Å². The SMILES string of the molecule is COc1c(C2CC2)cc(Oc2c(Cl)cc(N)cc2Cl)cc1S(N)(=O)=O. The van der Waals surface area contributed by atoms with Gasteiger partial charge >= 0.3 is 0 Å². The molecule has 0 unspecified atom stereocenters. The van der Waals surface area contributed by atoms with Gasteiger partial charge in [-0.05, 0) is 37.0 Å². The number of sulfonamides is 1. The monoisotopic (exact) mass is 402 g/mol. The van der Waals surface area contributed by atoms with Crippen LogP contribution < -0.4 is 20.3 Å². The Labute approximate surface area is 155 Å². The van der Waals surface area contributed by atoms with Crippen molar-refractivity contribution in [3.8, 4) is 17.2 Å². The van der Waals surface area contributed by atoms with Crippen molar-refractivity contribution in [3.63, 3.8) is 0 Å². The number of hydrogen-bond acceptors (Lipinski definition) is 5. The Morgan fingerprint density at radius 2 is 1.68 bits per heavy atom. The molecule has 0 atom stereocenters. The number of nitrogen functional groups attached to an aromatic ring is 1. The van der Waals surface area contributed by atoms with Crippen LogP contribution in [0.5, 0.6) is 17.2 Å². The van der Waals surface area contributed by atoms with E-state index in [9.17, 15) is 8.42 Å². The van der Waals surface area contributed by atoms with Gasteiger partial charge in [0.25, 0.3) is 0 Å². The number of primary sulfonamides is 1. The Morgan fingerprint density at radius 1 is 1.08 bits per heavy atom. The molecule has 1 aliphatic carbocycles. The highest BCUT2D eigenvalue weighted by atomic mass is 35.5. The van der Waals surface area contributed by atoms with E-state index in [4.69, 9.17) is 43.5 Å². The first kappa shape index (κ1) is 18.1. The van der Waals surface area contributed by atoms with E-state index in [0.717, 1.165) is 18.4 Å². The van der Waals surface area contributed by atoms with Crippen molar-refractivity contribution in [2.75, 3.05) is 12.8 Å². The molecule has 0 spiro atoms. The largest absolute Gasteiger partial charge is 0.495 e. The minimum absolute atomic E-state index is 0.142. The van der Waals surface area contributed by atoms with Gasteiger partial charge in [0.1, 0.15) is 16.4 Å². The summed E-state index contributed by atoms with van der Waals surface area (Å²) in [5.74, 6) is 0.883. The molecule has 9 heteroatoms. The minimum atomic E-state index is -4.01. The third kappa shape index (κ3) is 3.79. The number of halogens is 2. The van der Waals surface area contributed by atoms with Crippen molar-refractivity contribution in [1.29, 1.82) is 0 Å². The van der Waals surface area contributed by atoms with Crippen molar-refractivity contribution in [2.24, 2.45) is 5.14 Å². The third-order valence-electron chi connectivity index (χ3n) is 3.83. The first-order chi connectivity index (χ1) is 11.7. The molecule has 1 aliphatic rings. The Morgan fingerprint density at radius 3 is 2.16 bits per heavy atom. The molecule has 1 saturated carbocycles. The lowest BCUT2D eigenvalue weighted by Gasteiger charge is -2.16. The summed E-state index contributed by atoms with van der Waals surface area (Å²) in [6, 6.07) is 6.00. The molecular formula is C16H16Cl2N2O4S. The fraction of sp³-hybridized carbons (Fsp3) is 0.250. The van der Waals surface area contributed by atoms with Crippen LogP contribution in [0.3, 0.4) is 0 Å². The Hall–Kier alpha value is -1.67. The summed E-state index contributed by atoms with van der Waals surface area (Å²) < 4.78 is 35.0. The van der Waals surface area contributed by atoms with Crippen LogP contribution in [0.1, 0.15) is 24.3 Å². The van der Waals surface area contributed by atoms with Gasteiger partial charge in [0.2, 0.25) is 10.0 Å². The summed E-state index contributed by atoms with van der Waals surface area (Å²) in [5, 5.41) is 5.76. The molecule has 2 aromatic rings. The highest BCUT2D eigenvalue weighted by Crippen LogP contribution is 2.48. The molecule has 0 aliphatic heterocycles. The van der Waals surface area contributed by atoms with E-state index in [1.165, 1.54) is 25.3 Å². The van der Waals surface area contributed by atoms with Crippen molar-refractivity contribution >= 4 is 38.9 Å². The number of benzene rings is 2. The van der Waals surface area contributed by atoms with E-state index < -0.39 is 10.0 Å². The van der Waals surface area contributed by atoms with Gasteiger partial charge in [0.05, 0.1) is 17.2 Å². The van der Waals surface area contributed by atoms with E-state index in [0.29, 0.717) is 5.69 Å². The molecule has 1 fully saturated rings. The molecule has 4 N–H and O–H groups in total. The average molecular weight is 403 g/mol. The standard InChI is InChI=1S/C16H16Cl2N2O4S/c1-23-15-11(8-2-3-8)6-10(7-14(15)25(20,21)22)24-16-12(17)4-9(19)5-13(16)18/h4-8H,2-3,19H2,1H3,(H2,20,21,22). The van der Waals surface area contributed by atoms with Gasteiger partial charge in [0.15, 0.2) is 5.75 Å². The maximum atomic E-state index is 12.0.